The first kappa shape index (κ1) is 19.6. The molecule has 0 radical (unpaired) electrons. The highest BCUT2D eigenvalue weighted by Gasteiger charge is 2.22. The molecule has 0 unspecified atom stereocenters. The van der Waals surface area contributed by atoms with Crippen molar-refractivity contribution in [1.82, 2.24) is 25.3 Å². The summed E-state index contributed by atoms with van der Waals surface area (Å²) >= 11 is 5.92. The van der Waals surface area contributed by atoms with Gasteiger partial charge in [0, 0.05) is 29.5 Å². The average molecular weight is 420 g/mol. The summed E-state index contributed by atoms with van der Waals surface area (Å²) < 4.78 is 6.84. The number of nitrogens with one attached hydrogen (secondary N) is 1. The van der Waals surface area contributed by atoms with Crippen LogP contribution < -0.4 is 10.1 Å². The third-order valence-corrected chi connectivity index (χ3v) is 4.76. The van der Waals surface area contributed by atoms with Crippen LogP contribution in [0, 0.1) is 0 Å². The van der Waals surface area contributed by atoms with Crippen molar-refractivity contribution in [1.29, 1.82) is 0 Å². The van der Waals surface area contributed by atoms with Gasteiger partial charge in [0.15, 0.2) is 5.69 Å². The predicted molar refractivity (Wildman–Crippen MR) is 114 cm³/mol. The first-order chi connectivity index (χ1) is 14.7. The van der Waals surface area contributed by atoms with Gasteiger partial charge in [-0.3, -0.25) is 9.78 Å². The van der Waals surface area contributed by atoms with Gasteiger partial charge in [-0.05, 0) is 54.1 Å². The smallest absolute Gasteiger partial charge is 0.274 e. The Kier molecular flexibility index (Phi) is 5.72. The summed E-state index contributed by atoms with van der Waals surface area (Å²) in [6, 6.07) is 18.3. The Balaban J connectivity index is 1.67. The van der Waals surface area contributed by atoms with Crippen LogP contribution in [-0.4, -0.2) is 33.0 Å². The van der Waals surface area contributed by atoms with Gasteiger partial charge in [0.25, 0.3) is 5.91 Å². The number of carbonyl (C=O) groups excluding carboxylic acids is 1. The molecule has 7 nitrogen and oxygen atoms in total. The molecule has 0 spiro atoms. The molecular formula is C22H18ClN5O2. The van der Waals surface area contributed by atoms with Crippen molar-refractivity contribution in [3.8, 4) is 22.7 Å². The lowest BCUT2D eigenvalue weighted by molar-refractivity contribution is 0.0946. The molecule has 150 valence electrons. The second-order valence-electron chi connectivity index (χ2n) is 6.45. The van der Waals surface area contributed by atoms with Crippen LogP contribution in [0.2, 0.25) is 5.02 Å². The molecule has 2 aromatic heterocycles. The summed E-state index contributed by atoms with van der Waals surface area (Å²) in [7, 11) is 1.61. The largest absolute Gasteiger partial charge is 0.497 e. The summed E-state index contributed by atoms with van der Waals surface area (Å²) in [5.74, 6) is 0.395. The van der Waals surface area contributed by atoms with E-state index in [2.05, 4.69) is 20.6 Å². The van der Waals surface area contributed by atoms with Crippen molar-refractivity contribution in [2.75, 3.05) is 7.11 Å². The number of nitrogens with zero attached hydrogens (tertiary/aromatic N) is 4. The zero-order chi connectivity index (χ0) is 20.9. The topological polar surface area (TPSA) is 81.9 Å². The van der Waals surface area contributed by atoms with Gasteiger partial charge in [-0.1, -0.05) is 28.9 Å². The lowest BCUT2D eigenvalue weighted by Gasteiger charge is -2.09. The summed E-state index contributed by atoms with van der Waals surface area (Å²) in [5.41, 5.74) is 3.18. The van der Waals surface area contributed by atoms with Crippen molar-refractivity contribution >= 4 is 17.5 Å². The highest BCUT2D eigenvalue weighted by Crippen LogP contribution is 2.25. The fourth-order valence-corrected chi connectivity index (χ4v) is 3.10. The second-order valence-corrected chi connectivity index (χ2v) is 6.88. The van der Waals surface area contributed by atoms with E-state index in [1.165, 1.54) is 0 Å². The monoisotopic (exact) mass is 419 g/mol. The van der Waals surface area contributed by atoms with Gasteiger partial charge in [0.05, 0.1) is 12.8 Å². The Morgan fingerprint density at radius 1 is 1.10 bits per heavy atom. The van der Waals surface area contributed by atoms with Crippen LogP contribution in [0.1, 0.15) is 16.1 Å². The zero-order valence-corrected chi connectivity index (χ0v) is 16.9. The average Bonchev–Trinajstić information content (AvgIpc) is 3.24. The molecular weight excluding hydrogens is 402 g/mol. The number of pyridine rings is 1. The van der Waals surface area contributed by atoms with Crippen LogP contribution in [0.5, 0.6) is 5.75 Å². The number of benzene rings is 2. The Bertz CT molecular complexity index is 1140. The molecule has 1 amide bonds. The number of methoxy groups -OCH3 is 1. The van der Waals surface area contributed by atoms with Crippen LogP contribution >= 0.6 is 11.6 Å². The number of hydrogen-bond acceptors (Lipinski definition) is 5. The standard InChI is InChI=1S/C22H18ClN5O2/c1-30-19-10-8-18(9-11-19)28-21(16-3-2-12-24-14-16)20(26-27-28)22(29)25-13-15-4-6-17(23)7-5-15/h2-12,14H,13H2,1H3,(H,25,29). The molecule has 0 fully saturated rings. The number of amides is 1. The van der Waals surface area contributed by atoms with Gasteiger partial charge in [-0.15, -0.1) is 5.10 Å². The van der Waals surface area contributed by atoms with Gasteiger partial charge in [0.1, 0.15) is 11.4 Å². The maximum absolute atomic E-state index is 12.9. The predicted octanol–water partition coefficient (Wildman–Crippen LogP) is 3.92. The van der Waals surface area contributed by atoms with E-state index in [1.807, 2.05) is 42.5 Å². The molecule has 1 N–H and O–H groups in total. The third kappa shape index (κ3) is 4.16. The van der Waals surface area contributed by atoms with E-state index in [-0.39, 0.29) is 11.6 Å². The van der Waals surface area contributed by atoms with Gasteiger partial charge in [-0.25, -0.2) is 4.68 Å². The van der Waals surface area contributed by atoms with Gasteiger partial charge in [-0.2, -0.15) is 0 Å². The Labute approximate surface area is 178 Å². The summed E-state index contributed by atoms with van der Waals surface area (Å²) in [4.78, 5) is 17.1. The third-order valence-electron chi connectivity index (χ3n) is 4.50. The van der Waals surface area contributed by atoms with Gasteiger partial charge < -0.3 is 10.1 Å². The minimum absolute atomic E-state index is 0.216. The molecule has 4 aromatic rings. The lowest BCUT2D eigenvalue weighted by Crippen LogP contribution is -2.24. The van der Waals surface area contributed by atoms with Crippen LogP contribution in [0.25, 0.3) is 16.9 Å². The quantitative estimate of drug-likeness (QED) is 0.512. The number of hydrogen-bond donors (Lipinski definition) is 1. The summed E-state index contributed by atoms with van der Waals surface area (Å²) in [6.07, 6.45) is 3.35. The molecule has 2 heterocycles. The Hall–Kier alpha value is -3.71. The number of aromatic nitrogens is 4. The second kappa shape index (κ2) is 8.75. The molecule has 0 saturated carbocycles. The molecule has 0 saturated heterocycles. The molecule has 0 aliphatic rings. The molecule has 30 heavy (non-hydrogen) atoms. The highest BCUT2D eigenvalue weighted by molar-refractivity contribution is 6.30. The van der Waals surface area contributed by atoms with Crippen molar-refractivity contribution in [2.24, 2.45) is 0 Å². The van der Waals surface area contributed by atoms with E-state index >= 15 is 0 Å². The van der Waals surface area contributed by atoms with E-state index in [0.29, 0.717) is 17.3 Å². The molecule has 4 rings (SSSR count). The number of halogens is 1. The van der Waals surface area contributed by atoms with Gasteiger partial charge >= 0.3 is 0 Å². The zero-order valence-electron chi connectivity index (χ0n) is 16.1. The minimum atomic E-state index is -0.330. The molecule has 2 aromatic carbocycles. The molecule has 0 atom stereocenters. The molecule has 8 heteroatoms. The van der Waals surface area contributed by atoms with E-state index in [1.54, 1.807) is 42.4 Å². The first-order valence-corrected chi connectivity index (χ1v) is 9.56. The van der Waals surface area contributed by atoms with E-state index in [0.717, 1.165) is 22.6 Å². The Morgan fingerprint density at radius 2 is 1.87 bits per heavy atom. The van der Waals surface area contributed by atoms with Gasteiger partial charge in [0.2, 0.25) is 0 Å². The summed E-state index contributed by atoms with van der Waals surface area (Å²) in [5, 5.41) is 11.9. The SMILES string of the molecule is COc1ccc(-n2nnc(C(=O)NCc3ccc(Cl)cc3)c2-c2cccnc2)cc1. The molecule has 0 aliphatic carbocycles. The Morgan fingerprint density at radius 3 is 2.53 bits per heavy atom. The number of ether oxygens (including phenoxy) is 1. The van der Waals surface area contributed by atoms with Crippen LogP contribution in [0.4, 0.5) is 0 Å². The van der Waals surface area contributed by atoms with E-state index in [9.17, 15) is 4.79 Å². The lowest BCUT2D eigenvalue weighted by atomic mass is 10.1. The van der Waals surface area contributed by atoms with Crippen LogP contribution in [0.15, 0.2) is 73.1 Å². The van der Waals surface area contributed by atoms with E-state index < -0.39 is 0 Å². The maximum Gasteiger partial charge on any atom is 0.274 e. The first-order valence-electron chi connectivity index (χ1n) is 9.19. The van der Waals surface area contributed by atoms with Crippen LogP contribution in [0.3, 0.4) is 0 Å². The van der Waals surface area contributed by atoms with Crippen molar-refractivity contribution in [3.05, 3.63) is 89.3 Å². The normalized spacial score (nSPS) is 10.6. The van der Waals surface area contributed by atoms with Crippen molar-refractivity contribution in [2.45, 2.75) is 6.54 Å². The molecule has 0 aliphatic heterocycles. The maximum atomic E-state index is 12.9. The minimum Gasteiger partial charge on any atom is -0.497 e. The fourth-order valence-electron chi connectivity index (χ4n) is 2.97. The van der Waals surface area contributed by atoms with Crippen molar-refractivity contribution in [3.63, 3.8) is 0 Å². The fraction of sp³-hybridized carbons (Fsp3) is 0.0909. The highest BCUT2D eigenvalue weighted by atomic mass is 35.5. The summed E-state index contributed by atoms with van der Waals surface area (Å²) in [6.45, 7) is 0.345. The number of carbonyl (C=O) groups is 1. The van der Waals surface area contributed by atoms with Crippen molar-refractivity contribution < 1.29 is 9.53 Å². The molecule has 0 bridgehead atoms. The van der Waals surface area contributed by atoms with E-state index in [4.69, 9.17) is 16.3 Å². The van der Waals surface area contributed by atoms with Crippen LogP contribution in [-0.2, 0) is 6.54 Å². The number of rotatable bonds is 6.